The summed E-state index contributed by atoms with van der Waals surface area (Å²) in [4.78, 5) is 20.5. The molecule has 1 aliphatic heterocycles. The van der Waals surface area contributed by atoms with Crippen LogP contribution in [-0.2, 0) is 11.3 Å². The van der Waals surface area contributed by atoms with Crippen molar-refractivity contribution in [1.82, 2.24) is 20.9 Å². The highest BCUT2D eigenvalue weighted by atomic mass is 32.1. The molecule has 1 aliphatic carbocycles. The van der Waals surface area contributed by atoms with E-state index in [9.17, 15) is 4.79 Å². The van der Waals surface area contributed by atoms with Crippen molar-refractivity contribution in [1.29, 1.82) is 0 Å². The summed E-state index contributed by atoms with van der Waals surface area (Å²) in [5.41, 5.74) is 0. The molecule has 1 amide bonds. The number of nitrogens with zero attached hydrogens (tertiary/aromatic N) is 2. The van der Waals surface area contributed by atoms with Crippen molar-refractivity contribution >= 4 is 23.2 Å². The molecule has 1 saturated heterocycles. The molecule has 7 heteroatoms. The zero-order valence-corrected chi connectivity index (χ0v) is 17.2. The minimum absolute atomic E-state index is 0.201. The standard InChI is InChI=1S/C20H33N5OS/c1-2-21-20(23-10-9-22-19(26)17-7-8-17)24-13-16-5-3-11-25(14-16)15-18-6-4-12-27-18/h4,6,12,16-17H,2-3,5,7-11,13-15H2,1H3,(H,22,26)(H2,21,23,24). The smallest absolute Gasteiger partial charge is 0.223 e. The molecule has 0 bridgehead atoms. The molecule has 1 aromatic rings. The number of hydrogen-bond donors (Lipinski definition) is 3. The second-order valence-electron chi connectivity index (χ2n) is 7.53. The molecule has 1 atom stereocenters. The lowest BCUT2D eigenvalue weighted by Crippen LogP contribution is -2.42. The van der Waals surface area contributed by atoms with Crippen LogP contribution in [0.5, 0.6) is 0 Å². The fourth-order valence-electron chi connectivity index (χ4n) is 3.49. The summed E-state index contributed by atoms with van der Waals surface area (Å²) >= 11 is 1.84. The normalized spacial score (nSPS) is 21.1. The van der Waals surface area contributed by atoms with E-state index in [2.05, 4.69) is 45.3 Å². The molecule has 1 saturated carbocycles. The van der Waals surface area contributed by atoms with Gasteiger partial charge in [0, 0.05) is 50.1 Å². The highest BCUT2D eigenvalue weighted by Gasteiger charge is 2.29. The molecule has 0 aromatic carbocycles. The number of guanidine groups is 1. The Morgan fingerprint density at radius 2 is 2.11 bits per heavy atom. The molecular weight excluding hydrogens is 358 g/mol. The van der Waals surface area contributed by atoms with Crippen LogP contribution in [0.2, 0.25) is 0 Å². The van der Waals surface area contributed by atoms with Gasteiger partial charge in [0.25, 0.3) is 0 Å². The van der Waals surface area contributed by atoms with Crippen LogP contribution < -0.4 is 16.0 Å². The lowest BCUT2D eigenvalue weighted by molar-refractivity contribution is -0.122. The van der Waals surface area contributed by atoms with Gasteiger partial charge < -0.3 is 16.0 Å². The Labute approximate surface area is 166 Å². The van der Waals surface area contributed by atoms with E-state index in [1.54, 1.807) is 0 Å². The van der Waals surface area contributed by atoms with E-state index in [4.69, 9.17) is 4.99 Å². The molecule has 6 nitrogen and oxygen atoms in total. The maximum atomic E-state index is 11.7. The number of amides is 1. The van der Waals surface area contributed by atoms with Gasteiger partial charge in [0.05, 0.1) is 0 Å². The summed E-state index contributed by atoms with van der Waals surface area (Å²) in [6.45, 7) is 8.51. The quantitative estimate of drug-likeness (QED) is 0.342. The van der Waals surface area contributed by atoms with E-state index in [1.807, 2.05) is 11.3 Å². The second kappa shape index (κ2) is 10.7. The first-order valence-corrected chi connectivity index (χ1v) is 11.2. The summed E-state index contributed by atoms with van der Waals surface area (Å²) in [6.07, 6.45) is 4.60. The van der Waals surface area contributed by atoms with Crippen LogP contribution in [0.1, 0.15) is 37.5 Å². The van der Waals surface area contributed by atoms with Gasteiger partial charge in [0.2, 0.25) is 5.91 Å². The third-order valence-corrected chi connectivity index (χ3v) is 5.94. The first-order chi connectivity index (χ1) is 13.2. The summed E-state index contributed by atoms with van der Waals surface area (Å²) < 4.78 is 0. The Morgan fingerprint density at radius 3 is 2.85 bits per heavy atom. The highest BCUT2D eigenvalue weighted by molar-refractivity contribution is 7.09. The van der Waals surface area contributed by atoms with Crippen molar-refractivity contribution in [2.24, 2.45) is 16.8 Å². The molecule has 2 aliphatic rings. The van der Waals surface area contributed by atoms with E-state index >= 15 is 0 Å². The Hall–Kier alpha value is -1.60. The van der Waals surface area contributed by atoms with Crippen LogP contribution in [-0.4, -0.2) is 56.0 Å². The van der Waals surface area contributed by atoms with Crippen molar-refractivity contribution < 1.29 is 4.79 Å². The summed E-state index contributed by atoms with van der Waals surface area (Å²) in [5.74, 6) is 1.94. The second-order valence-corrected chi connectivity index (χ2v) is 8.57. The Bertz CT molecular complexity index is 600. The molecule has 2 fully saturated rings. The lowest BCUT2D eigenvalue weighted by atomic mass is 9.98. The lowest BCUT2D eigenvalue weighted by Gasteiger charge is -2.31. The van der Waals surface area contributed by atoms with Gasteiger partial charge in [0.15, 0.2) is 5.96 Å². The fourth-order valence-corrected chi connectivity index (χ4v) is 4.23. The molecule has 3 rings (SSSR count). The van der Waals surface area contributed by atoms with E-state index in [0.29, 0.717) is 19.0 Å². The molecule has 2 heterocycles. The molecule has 3 N–H and O–H groups in total. The van der Waals surface area contributed by atoms with E-state index < -0.39 is 0 Å². The summed E-state index contributed by atoms with van der Waals surface area (Å²) in [6, 6.07) is 4.36. The van der Waals surface area contributed by atoms with Gasteiger partial charge in [-0.1, -0.05) is 6.07 Å². The molecule has 1 aromatic heterocycles. The Morgan fingerprint density at radius 1 is 1.26 bits per heavy atom. The predicted molar refractivity (Wildman–Crippen MR) is 112 cm³/mol. The number of hydrogen-bond acceptors (Lipinski definition) is 4. The van der Waals surface area contributed by atoms with Crippen LogP contribution in [0, 0.1) is 11.8 Å². The monoisotopic (exact) mass is 391 g/mol. The minimum atomic E-state index is 0.201. The van der Waals surface area contributed by atoms with Gasteiger partial charge in [-0.05, 0) is 56.5 Å². The molecule has 0 spiro atoms. The van der Waals surface area contributed by atoms with Crippen LogP contribution in [0.4, 0.5) is 0 Å². The zero-order chi connectivity index (χ0) is 18.9. The number of rotatable bonds is 9. The maximum Gasteiger partial charge on any atom is 0.223 e. The molecule has 150 valence electrons. The Balaban J connectivity index is 1.39. The SMILES string of the molecule is CCNC(=NCC1CCCN(Cc2cccs2)C1)NCCNC(=O)C1CC1. The van der Waals surface area contributed by atoms with Crippen molar-refractivity contribution in [3.63, 3.8) is 0 Å². The third kappa shape index (κ3) is 7.14. The number of carbonyl (C=O) groups excluding carboxylic acids is 1. The molecular formula is C20H33N5OS. The van der Waals surface area contributed by atoms with E-state index in [0.717, 1.165) is 45.0 Å². The highest BCUT2D eigenvalue weighted by Crippen LogP contribution is 2.28. The largest absolute Gasteiger partial charge is 0.357 e. The minimum Gasteiger partial charge on any atom is -0.357 e. The summed E-state index contributed by atoms with van der Waals surface area (Å²) in [7, 11) is 0. The van der Waals surface area contributed by atoms with Gasteiger partial charge in [-0.25, -0.2) is 0 Å². The van der Waals surface area contributed by atoms with Gasteiger partial charge >= 0.3 is 0 Å². The van der Waals surface area contributed by atoms with E-state index in [1.165, 1.54) is 24.3 Å². The van der Waals surface area contributed by atoms with Gasteiger partial charge in [-0.15, -0.1) is 11.3 Å². The van der Waals surface area contributed by atoms with Crippen LogP contribution >= 0.6 is 11.3 Å². The average Bonchev–Trinajstić information content (AvgIpc) is 3.41. The van der Waals surface area contributed by atoms with Crippen molar-refractivity contribution in [3.05, 3.63) is 22.4 Å². The van der Waals surface area contributed by atoms with Crippen molar-refractivity contribution in [2.75, 3.05) is 39.3 Å². The molecule has 1 unspecified atom stereocenters. The Kier molecular flexibility index (Phi) is 7.95. The van der Waals surface area contributed by atoms with E-state index in [-0.39, 0.29) is 11.8 Å². The third-order valence-electron chi connectivity index (χ3n) is 5.08. The van der Waals surface area contributed by atoms with Crippen molar-refractivity contribution in [3.8, 4) is 0 Å². The number of nitrogens with one attached hydrogen (secondary N) is 3. The van der Waals surface area contributed by atoms with Crippen LogP contribution in [0.25, 0.3) is 0 Å². The first kappa shape index (κ1) is 20.1. The first-order valence-electron chi connectivity index (χ1n) is 10.3. The van der Waals surface area contributed by atoms with Crippen molar-refractivity contribution in [2.45, 2.75) is 39.2 Å². The number of piperidine rings is 1. The number of aliphatic imine (C=N–C) groups is 1. The predicted octanol–water partition coefficient (Wildman–Crippen LogP) is 2.04. The maximum absolute atomic E-state index is 11.7. The molecule has 27 heavy (non-hydrogen) atoms. The number of likely N-dealkylation sites (tertiary alicyclic amines) is 1. The molecule has 0 radical (unpaired) electrons. The topological polar surface area (TPSA) is 68.8 Å². The number of thiophene rings is 1. The van der Waals surface area contributed by atoms with Gasteiger partial charge in [-0.3, -0.25) is 14.7 Å². The zero-order valence-electron chi connectivity index (χ0n) is 16.4. The van der Waals surface area contributed by atoms with Gasteiger partial charge in [-0.2, -0.15) is 0 Å². The fraction of sp³-hybridized carbons (Fsp3) is 0.700. The number of carbonyl (C=O) groups is 1. The summed E-state index contributed by atoms with van der Waals surface area (Å²) in [5, 5.41) is 11.8. The van der Waals surface area contributed by atoms with Crippen LogP contribution in [0.3, 0.4) is 0 Å². The van der Waals surface area contributed by atoms with Crippen LogP contribution in [0.15, 0.2) is 22.5 Å². The van der Waals surface area contributed by atoms with Gasteiger partial charge in [0.1, 0.15) is 0 Å². The average molecular weight is 392 g/mol.